The Balaban J connectivity index is 1.61. The number of nitrogens with one attached hydrogen (secondary N) is 1. The number of hydrogen-bond donors (Lipinski definition) is 1. The van der Waals surface area contributed by atoms with Gasteiger partial charge in [0.15, 0.2) is 0 Å². The maximum absolute atomic E-state index is 13.8. The summed E-state index contributed by atoms with van der Waals surface area (Å²) in [4.78, 5) is 32.3. The van der Waals surface area contributed by atoms with Gasteiger partial charge in [0, 0.05) is 49.9 Å². The first-order valence-electron chi connectivity index (χ1n) is 9.55. The van der Waals surface area contributed by atoms with E-state index in [4.69, 9.17) is 0 Å². The fourth-order valence-electron chi connectivity index (χ4n) is 3.98. The van der Waals surface area contributed by atoms with Crippen molar-refractivity contribution < 1.29 is 4.79 Å². The van der Waals surface area contributed by atoms with Gasteiger partial charge in [-0.3, -0.25) is 9.78 Å². The van der Waals surface area contributed by atoms with Crippen molar-refractivity contribution in [3.63, 3.8) is 0 Å². The monoisotopic (exact) mass is 384 g/mol. The molecule has 0 aliphatic carbocycles. The SMILES string of the molecule is Cn1ccnc1-c1ccccc1C(=O)N1CCc2[nH]cnc2C1c1ccccn1. The molecule has 1 unspecified atom stereocenters. The molecular weight excluding hydrogens is 364 g/mol. The van der Waals surface area contributed by atoms with E-state index < -0.39 is 0 Å². The van der Waals surface area contributed by atoms with E-state index in [2.05, 4.69) is 19.9 Å². The lowest BCUT2D eigenvalue weighted by atomic mass is 9.97. The second kappa shape index (κ2) is 7.01. The van der Waals surface area contributed by atoms with E-state index in [1.165, 1.54) is 0 Å². The van der Waals surface area contributed by atoms with E-state index in [0.717, 1.165) is 34.9 Å². The molecule has 1 N–H and O–H groups in total. The van der Waals surface area contributed by atoms with E-state index in [1.54, 1.807) is 18.7 Å². The zero-order chi connectivity index (χ0) is 19.8. The van der Waals surface area contributed by atoms with Gasteiger partial charge in [0.05, 0.1) is 23.3 Å². The number of aromatic amines is 1. The highest BCUT2D eigenvalue weighted by atomic mass is 16.2. The highest BCUT2D eigenvalue weighted by Gasteiger charge is 2.36. The zero-order valence-electron chi connectivity index (χ0n) is 16.0. The number of nitrogens with zero attached hydrogens (tertiary/aromatic N) is 5. The predicted molar refractivity (Wildman–Crippen MR) is 108 cm³/mol. The minimum absolute atomic E-state index is 0.0482. The normalized spacial score (nSPS) is 15.9. The number of imidazole rings is 2. The summed E-state index contributed by atoms with van der Waals surface area (Å²) in [6.45, 7) is 0.587. The van der Waals surface area contributed by atoms with Gasteiger partial charge in [-0.15, -0.1) is 0 Å². The van der Waals surface area contributed by atoms with Gasteiger partial charge >= 0.3 is 0 Å². The number of aromatic nitrogens is 5. The molecule has 4 aromatic rings. The molecule has 3 aromatic heterocycles. The van der Waals surface area contributed by atoms with Gasteiger partial charge in [-0.2, -0.15) is 0 Å². The Morgan fingerprint density at radius 1 is 1.07 bits per heavy atom. The fourth-order valence-corrected chi connectivity index (χ4v) is 3.98. The van der Waals surface area contributed by atoms with E-state index >= 15 is 0 Å². The number of hydrogen-bond acceptors (Lipinski definition) is 4. The lowest BCUT2D eigenvalue weighted by molar-refractivity contribution is 0.0688. The molecule has 1 aromatic carbocycles. The van der Waals surface area contributed by atoms with Crippen LogP contribution >= 0.6 is 0 Å². The molecule has 1 aliphatic heterocycles. The van der Waals surface area contributed by atoms with Crippen LogP contribution in [0, 0.1) is 0 Å². The number of benzene rings is 1. The van der Waals surface area contributed by atoms with Crippen LogP contribution in [0.1, 0.15) is 33.5 Å². The van der Waals surface area contributed by atoms with Crippen molar-refractivity contribution in [2.24, 2.45) is 7.05 Å². The molecular formula is C22H20N6O. The minimum Gasteiger partial charge on any atom is -0.348 e. The van der Waals surface area contributed by atoms with Crippen molar-refractivity contribution in [1.82, 2.24) is 29.4 Å². The Morgan fingerprint density at radius 2 is 1.93 bits per heavy atom. The van der Waals surface area contributed by atoms with Gasteiger partial charge in [0.1, 0.15) is 11.9 Å². The molecule has 1 amide bonds. The Morgan fingerprint density at radius 3 is 2.72 bits per heavy atom. The van der Waals surface area contributed by atoms with E-state index in [9.17, 15) is 4.79 Å². The molecule has 0 radical (unpaired) electrons. The highest BCUT2D eigenvalue weighted by Crippen LogP contribution is 2.34. The molecule has 0 fully saturated rings. The summed E-state index contributed by atoms with van der Waals surface area (Å²) in [6, 6.07) is 13.1. The molecule has 1 aliphatic rings. The Hall–Kier alpha value is -3.74. The van der Waals surface area contributed by atoms with Gasteiger partial charge in [0.25, 0.3) is 5.91 Å². The van der Waals surface area contributed by atoms with Crippen molar-refractivity contribution in [2.75, 3.05) is 6.54 Å². The van der Waals surface area contributed by atoms with Gasteiger partial charge in [0.2, 0.25) is 0 Å². The maximum Gasteiger partial charge on any atom is 0.255 e. The van der Waals surface area contributed by atoms with Crippen LogP contribution in [0.4, 0.5) is 0 Å². The van der Waals surface area contributed by atoms with Crippen LogP contribution in [0.25, 0.3) is 11.4 Å². The van der Waals surface area contributed by atoms with Gasteiger partial charge in [-0.1, -0.05) is 24.3 Å². The third-order valence-electron chi connectivity index (χ3n) is 5.37. The third kappa shape index (κ3) is 2.91. The van der Waals surface area contributed by atoms with Crippen molar-refractivity contribution >= 4 is 5.91 Å². The molecule has 144 valence electrons. The minimum atomic E-state index is -0.326. The van der Waals surface area contributed by atoms with Crippen LogP contribution in [-0.2, 0) is 13.5 Å². The number of aryl methyl sites for hydroxylation is 1. The number of amides is 1. The molecule has 4 heterocycles. The van der Waals surface area contributed by atoms with Crippen LogP contribution in [0.3, 0.4) is 0 Å². The Bertz CT molecular complexity index is 1160. The molecule has 0 saturated heterocycles. The summed E-state index contributed by atoms with van der Waals surface area (Å²) >= 11 is 0. The molecule has 5 rings (SSSR count). The average molecular weight is 384 g/mol. The maximum atomic E-state index is 13.8. The molecule has 7 heteroatoms. The predicted octanol–water partition coefficient (Wildman–Crippen LogP) is 2.99. The largest absolute Gasteiger partial charge is 0.348 e. The van der Waals surface area contributed by atoms with Crippen LogP contribution in [-0.4, -0.2) is 41.9 Å². The smallest absolute Gasteiger partial charge is 0.255 e. The van der Waals surface area contributed by atoms with Crippen LogP contribution in [0.15, 0.2) is 67.4 Å². The Kier molecular flexibility index (Phi) is 4.20. The summed E-state index contributed by atoms with van der Waals surface area (Å²) in [7, 11) is 1.93. The van der Waals surface area contributed by atoms with Crippen LogP contribution < -0.4 is 0 Å². The number of fused-ring (bicyclic) bond motifs is 1. The van der Waals surface area contributed by atoms with Crippen molar-refractivity contribution in [3.8, 4) is 11.4 Å². The van der Waals surface area contributed by atoms with Gasteiger partial charge < -0.3 is 14.5 Å². The first-order valence-corrected chi connectivity index (χ1v) is 9.55. The third-order valence-corrected chi connectivity index (χ3v) is 5.37. The second-order valence-electron chi connectivity index (χ2n) is 7.08. The summed E-state index contributed by atoms with van der Waals surface area (Å²) < 4.78 is 1.92. The number of pyridine rings is 1. The number of rotatable bonds is 3. The quantitative estimate of drug-likeness (QED) is 0.589. The molecule has 0 bridgehead atoms. The number of carbonyl (C=O) groups is 1. The molecule has 0 saturated carbocycles. The first-order chi connectivity index (χ1) is 14.2. The van der Waals surface area contributed by atoms with E-state index in [1.807, 2.05) is 65.2 Å². The summed E-state index contributed by atoms with van der Waals surface area (Å²) in [5.41, 5.74) is 4.17. The van der Waals surface area contributed by atoms with E-state index in [-0.39, 0.29) is 11.9 Å². The van der Waals surface area contributed by atoms with Gasteiger partial charge in [-0.25, -0.2) is 9.97 Å². The first kappa shape index (κ1) is 17.4. The van der Waals surface area contributed by atoms with E-state index in [0.29, 0.717) is 12.1 Å². The average Bonchev–Trinajstić information content (AvgIpc) is 3.42. The summed E-state index contributed by atoms with van der Waals surface area (Å²) in [5.74, 6) is 0.716. The lowest BCUT2D eigenvalue weighted by Gasteiger charge is -2.35. The van der Waals surface area contributed by atoms with Crippen molar-refractivity contribution in [2.45, 2.75) is 12.5 Å². The summed E-state index contributed by atoms with van der Waals surface area (Å²) in [5, 5.41) is 0. The van der Waals surface area contributed by atoms with Crippen molar-refractivity contribution in [3.05, 3.63) is 90.0 Å². The van der Waals surface area contributed by atoms with Crippen LogP contribution in [0.5, 0.6) is 0 Å². The zero-order valence-corrected chi connectivity index (χ0v) is 16.0. The number of H-pyrrole nitrogens is 1. The van der Waals surface area contributed by atoms with Crippen LogP contribution in [0.2, 0.25) is 0 Å². The highest BCUT2D eigenvalue weighted by molar-refractivity contribution is 6.00. The lowest BCUT2D eigenvalue weighted by Crippen LogP contribution is -2.41. The summed E-state index contributed by atoms with van der Waals surface area (Å²) in [6.07, 6.45) is 7.79. The molecule has 29 heavy (non-hydrogen) atoms. The van der Waals surface area contributed by atoms with Crippen molar-refractivity contribution in [1.29, 1.82) is 0 Å². The molecule has 1 atom stereocenters. The molecule has 0 spiro atoms. The number of carbonyl (C=O) groups excluding carboxylic acids is 1. The molecule has 7 nitrogen and oxygen atoms in total. The second-order valence-corrected chi connectivity index (χ2v) is 7.08. The standard InChI is InChI=1S/C22H20N6O/c1-27-13-11-24-21(27)15-6-2-3-7-16(15)22(29)28-12-9-17-19(26-14-25-17)20(28)18-8-4-5-10-23-18/h2-8,10-11,13-14,20H,9,12H2,1H3,(H,25,26). The Labute approximate surface area is 168 Å². The fraction of sp³-hybridized carbons (Fsp3) is 0.182. The van der Waals surface area contributed by atoms with Gasteiger partial charge in [-0.05, 0) is 18.2 Å². The topological polar surface area (TPSA) is 79.7 Å².